The largest absolute Gasteiger partial charge is 0.388 e. The summed E-state index contributed by atoms with van der Waals surface area (Å²) in [5.41, 5.74) is 14.2. The second kappa shape index (κ2) is 10.4. The van der Waals surface area contributed by atoms with Crippen LogP contribution in [0.1, 0.15) is 70.5 Å². The Hall–Kier alpha value is -4.56. The summed E-state index contributed by atoms with van der Waals surface area (Å²) in [6, 6.07) is 43.3. The van der Waals surface area contributed by atoms with Gasteiger partial charge in [0.05, 0.1) is 0 Å². The van der Waals surface area contributed by atoms with Crippen molar-refractivity contribution >= 4 is 17.5 Å². The predicted octanol–water partition coefficient (Wildman–Crippen LogP) is 9.80. The van der Waals surface area contributed by atoms with Gasteiger partial charge >= 0.3 is 0 Å². The van der Waals surface area contributed by atoms with Crippen molar-refractivity contribution < 1.29 is 0 Å². The quantitative estimate of drug-likeness (QED) is 0.212. The van der Waals surface area contributed by atoms with Crippen molar-refractivity contribution in [3.63, 3.8) is 0 Å². The van der Waals surface area contributed by atoms with Crippen LogP contribution in [0.25, 0.3) is 17.2 Å². The number of nitrogens with one attached hydrogen (secondary N) is 2. The lowest BCUT2D eigenvalue weighted by Gasteiger charge is -2.46. The topological polar surface area (TPSA) is 24.1 Å². The average Bonchev–Trinajstić information content (AvgIpc) is 3.62. The highest BCUT2D eigenvalue weighted by Gasteiger charge is 2.53. The van der Waals surface area contributed by atoms with E-state index in [0.717, 1.165) is 11.4 Å². The third kappa shape index (κ3) is 3.85. The Morgan fingerprint density at radius 2 is 1.17 bits per heavy atom. The molecule has 1 atom stereocenters. The molecule has 2 N–H and O–H groups in total. The molecule has 0 bridgehead atoms. The maximum atomic E-state index is 3.44. The zero-order valence-corrected chi connectivity index (χ0v) is 24.9. The van der Waals surface area contributed by atoms with E-state index in [2.05, 4.69) is 152 Å². The molecule has 0 spiro atoms. The fraction of sp³-hybridized carbons (Fsp3) is 0.200. The molecule has 2 nitrogen and oxygen atoms in total. The standard InChI is InChI=1S/C40H38N2/c1-26(2)32-17-11-12-27-18-23-37(38(27)32)40(28-13-7-5-8-14-28,29-15-9-6-10-16-29)39-35-24-30(41-3)19-21-33(35)34-22-20-31(42-4)25-36(34)39/h5-26,37,39,41-42H,1-4H3. The van der Waals surface area contributed by atoms with Crippen LogP contribution < -0.4 is 10.6 Å². The van der Waals surface area contributed by atoms with E-state index < -0.39 is 5.41 Å². The van der Waals surface area contributed by atoms with Crippen LogP contribution in [0, 0.1) is 0 Å². The molecule has 2 heteroatoms. The van der Waals surface area contributed by atoms with Gasteiger partial charge in [-0.15, -0.1) is 0 Å². The van der Waals surface area contributed by atoms with Crippen LogP contribution in [0.2, 0.25) is 0 Å². The van der Waals surface area contributed by atoms with Crippen LogP contribution in [0.15, 0.2) is 121 Å². The highest BCUT2D eigenvalue weighted by Crippen LogP contribution is 2.63. The van der Waals surface area contributed by atoms with Gasteiger partial charge in [-0.2, -0.15) is 0 Å². The SMILES string of the molecule is CNc1ccc2c(c1)C(C(c1ccccc1)(c1ccccc1)C1C=Cc3cccc(C(C)C)c31)c1cc(NC)ccc1-2. The molecule has 0 heterocycles. The normalized spacial score (nSPS) is 15.4. The molecular weight excluding hydrogens is 508 g/mol. The molecule has 2 aliphatic rings. The third-order valence-corrected chi connectivity index (χ3v) is 9.62. The van der Waals surface area contributed by atoms with Gasteiger partial charge in [-0.05, 0) is 80.3 Å². The highest BCUT2D eigenvalue weighted by molar-refractivity contribution is 5.85. The van der Waals surface area contributed by atoms with Crippen molar-refractivity contribution in [2.75, 3.05) is 24.7 Å². The molecule has 0 fully saturated rings. The maximum absolute atomic E-state index is 3.44. The number of hydrogen-bond acceptors (Lipinski definition) is 2. The number of allylic oxidation sites excluding steroid dienone is 1. The molecule has 0 saturated carbocycles. The van der Waals surface area contributed by atoms with Crippen LogP contribution in [-0.2, 0) is 5.41 Å². The summed E-state index contributed by atoms with van der Waals surface area (Å²) < 4.78 is 0. The van der Waals surface area contributed by atoms with E-state index in [4.69, 9.17) is 0 Å². The Labute approximate surface area is 250 Å². The maximum Gasteiger partial charge on any atom is 0.0415 e. The first-order valence-electron chi connectivity index (χ1n) is 15.1. The van der Waals surface area contributed by atoms with Crippen molar-refractivity contribution in [1.29, 1.82) is 0 Å². The Kier molecular flexibility index (Phi) is 6.50. The Morgan fingerprint density at radius 3 is 1.67 bits per heavy atom. The fourth-order valence-electron chi connectivity index (χ4n) is 7.81. The second-order valence-corrected chi connectivity index (χ2v) is 12.0. The van der Waals surface area contributed by atoms with Crippen LogP contribution in [-0.4, -0.2) is 14.1 Å². The summed E-state index contributed by atoms with van der Waals surface area (Å²) in [5, 5.41) is 6.88. The smallest absolute Gasteiger partial charge is 0.0415 e. The molecule has 42 heavy (non-hydrogen) atoms. The molecule has 0 radical (unpaired) electrons. The lowest BCUT2D eigenvalue weighted by Crippen LogP contribution is -2.40. The number of rotatable bonds is 7. The van der Waals surface area contributed by atoms with Gasteiger partial charge in [-0.25, -0.2) is 0 Å². The average molecular weight is 547 g/mol. The first-order valence-corrected chi connectivity index (χ1v) is 15.1. The van der Waals surface area contributed by atoms with Gasteiger partial charge in [0.15, 0.2) is 0 Å². The number of benzene rings is 5. The lowest BCUT2D eigenvalue weighted by molar-refractivity contribution is 0.415. The molecule has 0 saturated heterocycles. The molecule has 2 aliphatic carbocycles. The summed E-state index contributed by atoms with van der Waals surface area (Å²) in [7, 11) is 4.04. The van der Waals surface area contributed by atoms with E-state index in [-0.39, 0.29) is 11.8 Å². The Balaban J connectivity index is 1.65. The molecule has 1 unspecified atom stereocenters. The van der Waals surface area contributed by atoms with Crippen molar-refractivity contribution in [1.82, 2.24) is 0 Å². The lowest BCUT2D eigenvalue weighted by atomic mass is 9.55. The van der Waals surface area contributed by atoms with E-state index in [1.807, 2.05) is 14.1 Å². The van der Waals surface area contributed by atoms with E-state index in [1.54, 1.807) is 0 Å². The Morgan fingerprint density at radius 1 is 0.619 bits per heavy atom. The summed E-state index contributed by atoms with van der Waals surface area (Å²) in [4.78, 5) is 0. The van der Waals surface area contributed by atoms with Gasteiger partial charge < -0.3 is 10.6 Å². The van der Waals surface area contributed by atoms with E-state index in [1.165, 1.54) is 50.1 Å². The van der Waals surface area contributed by atoms with Gasteiger partial charge in [-0.3, -0.25) is 0 Å². The van der Waals surface area contributed by atoms with Crippen molar-refractivity contribution in [2.24, 2.45) is 0 Å². The van der Waals surface area contributed by atoms with Crippen molar-refractivity contribution in [3.8, 4) is 11.1 Å². The van der Waals surface area contributed by atoms with Crippen LogP contribution in [0.3, 0.4) is 0 Å². The summed E-state index contributed by atoms with van der Waals surface area (Å²) in [5.74, 6) is 0.632. The molecule has 0 amide bonds. The second-order valence-electron chi connectivity index (χ2n) is 12.0. The van der Waals surface area contributed by atoms with E-state index in [0.29, 0.717) is 5.92 Å². The first-order chi connectivity index (χ1) is 20.6. The molecular formula is C40H38N2. The van der Waals surface area contributed by atoms with Crippen LogP contribution >= 0.6 is 0 Å². The Bertz CT molecular complexity index is 1690. The monoisotopic (exact) mass is 546 g/mol. The zero-order chi connectivity index (χ0) is 28.8. The highest BCUT2D eigenvalue weighted by atomic mass is 14.8. The van der Waals surface area contributed by atoms with E-state index >= 15 is 0 Å². The molecule has 5 aromatic carbocycles. The van der Waals surface area contributed by atoms with Crippen molar-refractivity contribution in [3.05, 3.63) is 160 Å². The molecule has 7 rings (SSSR count). The zero-order valence-electron chi connectivity index (χ0n) is 24.9. The fourth-order valence-corrected chi connectivity index (χ4v) is 7.81. The molecule has 208 valence electrons. The van der Waals surface area contributed by atoms with Gasteiger partial charge in [0.25, 0.3) is 0 Å². The third-order valence-electron chi connectivity index (χ3n) is 9.62. The summed E-state index contributed by atoms with van der Waals surface area (Å²) >= 11 is 0. The first kappa shape index (κ1) is 26.3. The molecule has 0 aliphatic heterocycles. The minimum atomic E-state index is -0.409. The van der Waals surface area contributed by atoms with Gasteiger partial charge in [0, 0.05) is 42.7 Å². The van der Waals surface area contributed by atoms with Gasteiger partial charge in [0.1, 0.15) is 0 Å². The number of hydrogen-bond donors (Lipinski definition) is 2. The molecule has 5 aromatic rings. The van der Waals surface area contributed by atoms with Gasteiger partial charge in [0.2, 0.25) is 0 Å². The van der Waals surface area contributed by atoms with Crippen LogP contribution in [0.4, 0.5) is 11.4 Å². The number of fused-ring (bicyclic) bond motifs is 4. The van der Waals surface area contributed by atoms with E-state index in [9.17, 15) is 0 Å². The minimum absolute atomic E-state index is 0.0784. The van der Waals surface area contributed by atoms with Crippen LogP contribution in [0.5, 0.6) is 0 Å². The predicted molar refractivity (Wildman–Crippen MR) is 179 cm³/mol. The molecule has 0 aromatic heterocycles. The number of anilines is 2. The van der Waals surface area contributed by atoms with Gasteiger partial charge in [-0.1, -0.05) is 117 Å². The summed E-state index contributed by atoms with van der Waals surface area (Å²) in [6.07, 6.45) is 4.87. The summed E-state index contributed by atoms with van der Waals surface area (Å²) in [6.45, 7) is 4.66. The van der Waals surface area contributed by atoms with Crippen molar-refractivity contribution in [2.45, 2.75) is 37.0 Å². The minimum Gasteiger partial charge on any atom is -0.388 e.